The van der Waals surface area contributed by atoms with Crippen LogP contribution in [-0.2, 0) is 6.42 Å². The first-order valence-electron chi connectivity index (χ1n) is 7.60. The molecule has 7 heteroatoms. The Balaban J connectivity index is 1.62. The van der Waals surface area contributed by atoms with Gasteiger partial charge in [0.2, 0.25) is 0 Å². The van der Waals surface area contributed by atoms with Crippen LogP contribution in [0.5, 0.6) is 0 Å². The van der Waals surface area contributed by atoms with Crippen LogP contribution in [0.25, 0.3) is 17.1 Å². The molecule has 0 bridgehead atoms. The SMILES string of the molecule is Cc1nnnn1-c1cccc(-c2n[nH]c(Cc3ccccc3)n2)c1. The van der Waals surface area contributed by atoms with E-state index in [9.17, 15) is 0 Å². The van der Waals surface area contributed by atoms with Crippen LogP contribution in [0.15, 0.2) is 54.6 Å². The summed E-state index contributed by atoms with van der Waals surface area (Å²) in [5.74, 6) is 2.22. The van der Waals surface area contributed by atoms with Crippen molar-refractivity contribution in [2.24, 2.45) is 0 Å². The third-order valence-corrected chi connectivity index (χ3v) is 3.72. The number of aromatic nitrogens is 7. The number of H-pyrrole nitrogens is 1. The highest BCUT2D eigenvalue weighted by atomic mass is 15.5. The van der Waals surface area contributed by atoms with Crippen molar-refractivity contribution in [2.75, 3.05) is 0 Å². The minimum Gasteiger partial charge on any atom is -0.262 e. The number of hydrogen-bond acceptors (Lipinski definition) is 5. The maximum absolute atomic E-state index is 4.59. The highest BCUT2D eigenvalue weighted by Gasteiger charge is 2.09. The summed E-state index contributed by atoms with van der Waals surface area (Å²) >= 11 is 0. The Bertz CT molecular complexity index is 956. The van der Waals surface area contributed by atoms with Gasteiger partial charge in [0.1, 0.15) is 5.82 Å². The van der Waals surface area contributed by atoms with Crippen molar-refractivity contribution >= 4 is 0 Å². The van der Waals surface area contributed by atoms with E-state index in [1.165, 1.54) is 5.56 Å². The van der Waals surface area contributed by atoms with Gasteiger partial charge in [0.25, 0.3) is 0 Å². The van der Waals surface area contributed by atoms with Gasteiger partial charge in [-0.1, -0.05) is 42.5 Å². The molecule has 0 aliphatic rings. The predicted molar refractivity (Wildman–Crippen MR) is 88.5 cm³/mol. The van der Waals surface area contributed by atoms with Gasteiger partial charge in [-0.2, -0.15) is 9.78 Å². The Kier molecular flexibility index (Phi) is 3.59. The molecule has 7 nitrogen and oxygen atoms in total. The van der Waals surface area contributed by atoms with Crippen LogP contribution in [0.4, 0.5) is 0 Å². The number of nitrogens with one attached hydrogen (secondary N) is 1. The fourth-order valence-electron chi connectivity index (χ4n) is 2.54. The molecule has 0 radical (unpaired) electrons. The van der Waals surface area contributed by atoms with Crippen molar-refractivity contribution in [1.29, 1.82) is 0 Å². The van der Waals surface area contributed by atoms with Crippen molar-refractivity contribution in [1.82, 2.24) is 35.4 Å². The van der Waals surface area contributed by atoms with Crippen LogP contribution in [-0.4, -0.2) is 35.4 Å². The second-order valence-corrected chi connectivity index (χ2v) is 5.46. The number of aromatic amines is 1. The number of aryl methyl sites for hydroxylation is 1. The van der Waals surface area contributed by atoms with E-state index < -0.39 is 0 Å². The van der Waals surface area contributed by atoms with Gasteiger partial charge in [-0.05, 0) is 35.0 Å². The quantitative estimate of drug-likeness (QED) is 0.624. The molecular formula is C17H15N7. The van der Waals surface area contributed by atoms with Crippen molar-refractivity contribution in [2.45, 2.75) is 13.3 Å². The van der Waals surface area contributed by atoms with Crippen molar-refractivity contribution in [3.63, 3.8) is 0 Å². The van der Waals surface area contributed by atoms with Gasteiger partial charge < -0.3 is 0 Å². The summed E-state index contributed by atoms with van der Waals surface area (Å²) in [6.07, 6.45) is 0.722. The highest BCUT2D eigenvalue weighted by molar-refractivity contribution is 5.58. The molecule has 24 heavy (non-hydrogen) atoms. The van der Waals surface area contributed by atoms with E-state index in [1.54, 1.807) is 4.68 Å². The molecule has 4 rings (SSSR count). The first kappa shape index (κ1) is 14.3. The maximum Gasteiger partial charge on any atom is 0.181 e. The first-order valence-corrected chi connectivity index (χ1v) is 7.60. The van der Waals surface area contributed by atoms with Gasteiger partial charge >= 0.3 is 0 Å². The molecular weight excluding hydrogens is 302 g/mol. The fourth-order valence-corrected chi connectivity index (χ4v) is 2.54. The van der Waals surface area contributed by atoms with Crippen LogP contribution in [0.3, 0.4) is 0 Å². The Morgan fingerprint density at radius 1 is 1.04 bits per heavy atom. The molecule has 0 fully saturated rings. The van der Waals surface area contributed by atoms with E-state index in [-0.39, 0.29) is 0 Å². The molecule has 0 saturated carbocycles. The topological polar surface area (TPSA) is 85.2 Å². The molecule has 0 spiro atoms. The average molecular weight is 317 g/mol. The molecule has 0 aliphatic heterocycles. The second-order valence-electron chi connectivity index (χ2n) is 5.46. The Labute approximate surface area is 138 Å². The predicted octanol–water partition coefficient (Wildman–Crippen LogP) is 2.35. The third-order valence-electron chi connectivity index (χ3n) is 3.72. The molecule has 118 valence electrons. The van der Waals surface area contributed by atoms with Gasteiger partial charge in [0.05, 0.1) is 5.69 Å². The second kappa shape index (κ2) is 6.04. The lowest BCUT2D eigenvalue weighted by molar-refractivity contribution is 0.779. The fraction of sp³-hybridized carbons (Fsp3) is 0.118. The van der Waals surface area contributed by atoms with E-state index in [0.717, 1.165) is 29.3 Å². The number of tetrazole rings is 1. The lowest BCUT2D eigenvalue weighted by atomic mass is 10.1. The Morgan fingerprint density at radius 2 is 1.92 bits per heavy atom. The van der Waals surface area contributed by atoms with E-state index in [1.807, 2.05) is 49.4 Å². The van der Waals surface area contributed by atoms with E-state index in [2.05, 4.69) is 42.8 Å². The molecule has 4 aromatic rings. The molecule has 2 aromatic heterocycles. The van der Waals surface area contributed by atoms with Gasteiger partial charge in [-0.15, -0.1) is 5.10 Å². The summed E-state index contributed by atoms with van der Waals surface area (Å²) in [6.45, 7) is 1.86. The van der Waals surface area contributed by atoms with Crippen molar-refractivity contribution < 1.29 is 0 Å². The standard InChI is InChI=1S/C17H15N7/c1-12-19-22-23-24(12)15-9-5-8-14(11-15)17-18-16(20-21-17)10-13-6-3-2-4-7-13/h2-9,11H,10H2,1H3,(H,18,20,21). The van der Waals surface area contributed by atoms with Crippen molar-refractivity contribution in [3.05, 3.63) is 71.8 Å². The van der Waals surface area contributed by atoms with Crippen LogP contribution in [0, 0.1) is 6.92 Å². The summed E-state index contributed by atoms with van der Waals surface area (Å²) < 4.78 is 1.68. The van der Waals surface area contributed by atoms with Gasteiger partial charge in [-0.25, -0.2) is 4.98 Å². The first-order chi connectivity index (χ1) is 11.8. The van der Waals surface area contributed by atoms with Crippen LogP contribution < -0.4 is 0 Å². The number of hydrogen-bond donors (Lipinski definition) is 1. The van der Waals surface area contributed by atoms with Gasteiger partial charge in [-0.3, -0.25) is 5.10 Å². The lowest BCUT2D eigenvalue weighted by Gasteiger charge is -2.03. The van der Waals surface area contributed by atoms with E-state index in [0.29, 0.717) is 5.82 Å². The highest BCUT2D eigenvalue weighted by Crippen LogP contribution is 2.19. The summed E-state index contributed by atoms with van der Waals surface area (Å²) in [5.41, 5.74) is 2.99. The molecule has 0 aliphatic carbocycles. The monoisotopic (exact) mass is 317 g/mol. The molecule has 0 unspecified atom stereocenters. The van der Waals surface area contributed by atoms with Crippen LogP contribution in [0.1, 0.15) is 17.2 Å². The smallest absolute Gasteiger partial charge is 0.181 e. The normalized spacial score (nSPS) is 10.9. The molecule has 2 aromatic carbocycles. The zero-order valence-electron chi connectivity index (χ0n) is 13.1. The summed E-state index contributed by atoms with van der Waals surface area (Å²) in [4.78, 5) is 4.59. The Hall–Kier alpha value is -3.35. The Morgan fingerprint density at radius 3 is 2.71 bits per heavy atom. The molecule has 2 heterocycles. The maximum atomic E-state index is 4.59. The van der Waals surface area contributed by atoms with E-state index >= 15 is 0 Å². The van der Waals surface area contributed by atoms with Crippen molar-refractivity contribution in [3.8, 4) is 17.1 Å². The summed E-state index contributed by atoms with van der Waals surface area (Å²) in [5, 5.41) is 18.9. The van der Waals surface area contributed by atoms with Gasteiger partial charge in [0, 0.05) is 12.0 Å². The molecule has 1 N–H and O–H groups in total. The summed E-state index contributed by atoms with van der Waals surface area (Å²) in [7, 11) is 0. The zero-order chi connectivity index (χ0) is 16.4. The van der Waals surface area contributed by atoms with Gasteiger partial charge in [0.15, 0.2) is 11.6 Å². The van der Waals surface area contributed by atoms with Crippen LogP contribution in [0.2, 0.25) is 0 Å². The number of benzene rings is 2. The summed E-state index contributed by atoms with van der Waals surface area (Å²) in [6, 6.07) is 18.0. The largest absolute Gasteiger partial charge is 0.262 e. The van der Waals surface area contributed by atoms with Crippen LogP contribution >= 0.6 is 0 Å². The van der Waals surface area contributed by atoms with E-state index in [4.69, 9.17) is 0 Å². The number of rotatable bonds is 4. The average Bonchev–Trinajstić information content (AvgIpc) is 3.25. The molecule has 0 atom stereocenters. The molecule has 0 amide bonds. The zero-order valence-corrected chi connectivity index (χ0v) is 13.1. The number of nitrogens with zero attached hydrogens (tertiary/aromatic N) is 6. The molecule has 0 saturated heterocycles. The lowest BCUT2D eigenvalue weighted by Crippen LogP contribution is -1.99. The minimum absolute atomic E-state index is 0.661. The third kappa shape index (κ3) is 2.79. The minimum atomic E-state index is 0.661.